The maximum absolute atomic E-state index is 11.4. The number of carbonyl (C=O) groups is 1. The lowest BCUT2D eigenvalue weighted by Crippen LogP contribution is -2.07. The molecule has 1 atom stereocenters. The van der Waals surface area contributed by atoms with Crippen molar-refractivity contribution in [2.75, 3.05) is 11.9 Å². The molecule has 6 heteroatoms. The van der Waals surface area contributed by atoms with Gasteiger partial charge in [0.05, 0.1) is 17.6 Å². The van der Waals surface area contributed by atoms with Crippen LogP contribution in [0.3, 0.4) is 0 Å². The molecule has 2 N–H and O–H groups in total. The summed E-state index contributed by atoms with van der Waals surface area (Å²) in [5, 5.41) is 17.1. The quantitative estimate of drug-likeness (QED) is 0.751. The average molecular weight is 348 g/mol. The Hall–Kier alpha value is -3.15. The van der Waals surface area contributed by atoms with Crippen molar-refractivity contribution in [2.24, 2.45) is 0 Å². The van der Waals surface area contributed by atoms with Crippen LogP contribution in [0.1, 0.15) is 41.4 Å². The van der Waals surface area contributed by atoms with Crippen LogP contribution in [-0.4, -0.2) is 32.4 Å². The second kappa shape index (κ2) is 6.29. The molecule has 132 valence electrons. The van der Waals surface area contributed by atoms with Crippen molar-refractivity contribution < 1.29 is 9.90 Å². The fraction of sp³-hybridized carbons (Fsp3) is 0.250. The Bertz CT molecular complexity index is 993. The minimum atomic E-state index is -0.969. The number of aromatic nitrogens is 3. The molecule has 26 heavy (non-hydrogen) atoms. The van der Waals surface area contributed by atoms with E-state index in [1.807, 2.05) is 25.1 Å². The van der Waals surface area contributed by atoms with E-state index >= 15 is 0 Å². The van der Waals surface area contributed by atoms with E-state index < -0.39 is 5.97 Å². The number of para-hydroxylation sites is 1. The normalized spacial score (nSPS) is 15.5. The molecule has 2 aromatic heterocycles. The average Bonchev–Trinajstić information content (AvgIpc) is 3.25. The van der Waals surface area contributed by atoms with Crippen LogP contribution in [0.2, 0.25) is 0 Å². The van der Waals surface area contributed by atoms with Crippen LogP contribution in [0.15, 0.2) is 42.6 Å². The topological polar surface area (TPSA) is 80.0 Å². The zero-order chi connectivity index (χ0) is 18.3. The smallest absolute Gasteiger partial charge is 0.339 e. The first-order chi connectivity index (χ1) is 12.6. The number of rotatable bonds is 4. The first-order valence-electron chi connectivity index (χ1n) is 8.75. The summed E-state index contributed by atoms with van der Waals surface area (Å²) in [4.78, 5) is 16.2. The Morgan fingerprint density at radius 1 is 1.31 bits per heavy atom. The number of nitrogens with zero attached hydrogens (tertiary/aromatic N) is 3. The van der Waals surface area contributed by atoms with Gasteiger partial charge in [-0.05, 0) is 24.1 Å². The Morgan fingerprint density at radius 3 is 2.88 bits per heavy atom. The van der Waals surface area contributed by atoms with Crippen molar-refractivity contribution >= 4 is 11.7 Å². The molecule has 3 aromatic rings. The minimum Gasteiger partial charge on any atom is -0.478 e. The molecule has 1 aliphatic heterocycles. The molecule has 1 aliphatic rings. The highest BCUT2D eigenvalue weighted by Gasteiger charge is 2.22. The van der Waals surface area contributed by atoms with Crippen LogP contribution in [0.4, 0.5) is 5.69 Å². The van der Waals surface area contributed by atoms with Crippen molar-refractivity contribution in [3.05, 3.63) is 59.4 Å². The van der Waals surface area contributed by atoms with Gasteiger partial charge in [-0.2, -0.15) is 5.10 Å². The summed E-state index contributed by atoms with van der Waals surface area (Å²) in [5.74, 6) is 0.128. The summed E-state index contributed by atoms with van der Waals surface area (Å²) in [6.45, 7) is 5.05. The van der Waals surface area contributed by atoms with Crippen LogP contribution < -0.4 is 5.32 Å². The summed E-state index contributed by atoms with van der Waals surface area (Å²) < 4.78 is 1.62. The predicted molar refractivity (Wildman–Crippen MR) is 100 cm³/mol. The van der Waals surface area contributed by atoms with E-state index in [2.05, 4.69) is 35.5 Å². The molecule has 4 rings (SSSR count). The number of pyridine rings is 1. The molecule has 0 fully saturated rings. The lowest BCUT2D eigenvalue weighted by atomic mass is 9.99. The maximum Gasteiger partial charge on any atom is 0.339 e. The van der Waals surface area contributed by atoms with Gasteiger partial charge in [0.2, 0.25) is 0 Å². The Morgan fingerprint density at radius 2 is 2.12 bits per heavy atom. The van der Waals surface area contributed by atoms with Crippen LogP contribution in [0.25, 0.3) is 17.1 Å². The van der Waals surface area contributed by atoms with Gasteiger partial charge in [0.25, 0.3) is 0 Å². The number of fused-ring (bicyclic) bond motifs is 1. The molecule has 0 radical (unpaired) electrons. The van der Waals surface area contributed by atoms with Crippen molar-refractivity contribution in [1.29, 1.82) is 0 Å². The standard InChI is InChI=1S/C20H20N4O2/c1-3-17-15(20(25)26)11-22-24(17)18-9-5-8-16(23-18)14-7-4-6-13-12(2)10-21-19(13)14/h4-9,11-12,21H,3,10H2,1-2H3,(H,25,26). The fourth-order valence-electron chi connectivity index (χ4n) is 3.54. The predicted octanol–water partition coefficient (Wildman–Crippen LogP) is 3.72. The number of hydrogen-bond donors (Lipinski definition) is 2. The van der Waals surface area contributed by atoms with Crippen LogP contribution in [-0.2, 0) is 6.42 Å². The summed E-state index contributed by atoms with van der Waals surface area (Å²) in [6, 6.07) is 12.0. The molecule has 0 saturated carbocycles. The van der Waals surface area contributed by atoms with Crippen molar-refractivity contribution in [3.8, 4) is 17.1 Å². The van der Waals surface area contributed by atoms with Crippen LogP contribution in [0, 0.1) is 0 Å². The van der Waals surface area contributed by atoms with Gasteiger partial charge in [-0.25, -0.2) is 14.5 Å². The number of carboxylic acids is 1. The molecule has 0 spiro atoms. The van der Waals surface area contributed by atoms with Gasteiger partial charge in [0.1, 0.15) is 5.56 Å². The van der Waals surface area contributed by atoms with Crippen molar-refractivity contribution in [1.82, 2.24) is 14.8 Å². The van der Waals surface area contributed by atoms with E-state index in [1.165, 1.54) is 11.8 Å². The number of hydrogen-bond acceptors (Lipinski definition) is 4. The van der Waals surface area contributed by atoms with Crippen molar-refractivity contribution in [2.45, 2.75) is 26.2 Å². The van der Waals surface area contributed by atoms with Gasteiger partial charge in [-0.1, -0.05) is 38.1 Å². The Kier molecular flexibility index (Phi) is 3.95. The highest BCUT2D eigenvalue weighted by Crippen LogP contribution is 2.38. The van der Waals surface area contributed by atoms with Gasteiger partial charge in [-0.15, -0.1) is 0 Å². The first-order valence-corrected chi connectivity index (χ1v) is 8.75. The summed E-state index contributed by atoms with van der Waals surface area (Å²) >= 11 is 0. The third-order valence-corrected chi connectivity index (χ3v) is 4.87. The molecule has 6 nitrogen and oxygen atoms in total. The minimum absolute atomic E-state index is 0.218. The number of benzene rings is 1. The molecule has 0 bridgehead atoms. The maximum atomic E-state index is 11.4. The Labute approximate surface area is 151 Å². The molecule has 3 heterocycles. The zero-order valence-corrected chi connectivity index (χ0v) is 14.7. The second-order valence-electron chi connectivity index (χ2n) is 6.51. The lowest BCUT2D eigenvalue weighted by molar-refractivity contribution is 0.0695. The molecule has 0 aliphatic carbocycles. The van der Waals surface area contributed by atoms with E-state index in [9.17, 15) is 9.90 Å². The molecular formula is C20H20N4O2. The van der Waals surface area contributed by atoms with E-state index in [4.69, 9.17) is 4.98 Å². The Balaban J connectivity index is 1.82. The van der Waals surface area contributed by atoms with E-state index in [-0.39, 0.29) is 5.56 Å². The third-order valence-electron chi connectivity index (χ3n) is 4.87. The zero-order valence-electron chi connectivity index (χ0n) is 14.7. The molecule has 0 amide bonds. The third kappa shape index (κ3) is 2.54. The highest BCUT2D eigenvalue weighted by molar-refractivity contribution is 5.88. The molecule has 1 unspecified atom stereocenters. The number of aromatic carboxylic acids is 1. The number of carboxylic acid groups (broad SMARTS) is 1. The highest BCUT2D eigenvalue weighted by atomic mass is 16.4. The van der Waals surface area contributed by atoms with Gasteiger partial charge in [-0.3, -0.25) is 0 Å². The van der Waals surface area contributed by atoms with E-state index in [0.717, 1.165) is 23.5 Å². The molecule has 0 saturated heterocycles. The van der Waals surface area contributed by atoms with Crippen LogP contribution in [0.5, 0.6) is 0 Å². The molecular weight excluding hydrogens is 328 g/mol. The second-order valence-corrected chi connectivity index (χ2v) is 6.51. The van der Waals surface area contributed by atoms with Gasteiger partial charge in [0, 0.05) is 23.7 Å². The monoisotopic (exact) mass is 348 g/mol. The lowest BCUT2D eigenvalue weighted by Gasteiger charge is -2.11. The number of nitrogens with one attached hydrogen (secondary N) is 1. The largest absolute Gasteiger partial charge is 0.478 e. The summed E-state index contributed by atoms with van der Waals surface area (Å²) in [5.41, 5.74) is 5.19. The fourth-order valence-corrected chi connectivity index (χ4v) is 3.54. The SMILES string of the molecule is CCc1c(C(=O)O)cnn1-c1cccc(-c2cccc3c2NCC3C)n1. The summed E-state index contributed by atoms with van der Waals surface area (Å²) in [7, 11) is 0. The summed E-state index contributed by atoms with van der Waals surface area (Å²) in [6.07, 6.45) is 1.95. The number of anilines is 1. The van der Waals surface area contributed by atoms with Gasteiger partial charge >= 0.3 is 5.97 Å². The first kappa shape index (κ1) is 16.3. The van der Waals surface area contributed by atoms with E-state index in [1.54, 1.807) is 4.68 Å². The van der Waals surface area contributed by atoms with Crippen LogP contribution >= 0.6 is 0 Å². The van der Waals surface area contributed by atoms with Gasteiger partial charge in [0.15, 0.2) is 5.82 Å². The van der Waals surface area contributed by atoms with E-state index in [0.29, 0.717) is 23.9 Å². The molecule has 1 aromatic carbocycles. The van der Waals surface area contributed by atoms with Gasteiger partial charge < -0.3 is 10.4 Å². The van der Waals surface area contributed by atoms with Crippen molar-refractivity contribution in [3.63, 3.8) is 0 Å².